The molecule has 4 heteroatoms. The predicted molar refractivity (Wildman–Crippen MR) is 79.6 cm³/mol. The molecule has 0 unspecified atom stereocenters. The van der Waals surface area contributed by atoms with Crippen LogP contribution in [0.25, 0.3) is 0 Å². The minimum absolute atomic E-state index is 0.297. The van der Waals surface area contributed by atoms with Crippen LogP contribution in [0, 0.1) is 11.3 Å². The summed E-state index contributed by atoms with van der Waals surface area (Å²) in [5, 5.41) is 8.81. The third-order valence-electron chi connectivity index (χ3n) is 3.03. The summed E-state index contributed by atoms with van der Waals surface area (Å²) in [5.41, 5.74) is 1.89. The van der Waals surface area contributed by atoms with Crippen molar-refractivity contribution in [2.75, 3.05) is 14.2 Å². The van der Waals surface area contributed by atoms with E-state index in [0.29, 0.717) is 30.3 Å². The Morgan fingerprint density at radius 1 is 0.952 bits per heavy atom. The largest absolute Gasteiger partial charge is 0.493 e. The van der Waals surface area contributed by atoms with E-state index in [2.05, 4.69) is 6.07 Å². The van der Waals surface area contributed by atoms with Crippen molar-refractivity contribution in [2.24, 2.45) is 0 Å². The molecule has 0 aromatic heterocycles. The molecule has 0 radical (unpaired) electrons. The third kappa shape index (κ3) is 3.67. The molecule has 0 heterocycles. The Bertz CT molecular complexity index is 607. The molecule has 108 valence electrons. The van der Waals surface area contributed by atoms with Gasteiger partial charge in [-0.25, -0.2) is 0 Å². The standard InChI is InChI=1S/C17H17NO3/c1-19-15-10-14(8-9-18)11-16(20-2)17(15)21-12-13-6-4-3-5-7-13/h3-7,10-11H,8,12H2,1-2H3. The van der Waals surface area contributed by atoms with E-state index in [-0.39, 0.29) is 0 Å². The molecule has 2 aromatic rings. The van der Waals surface area contributed by atoms with Crippen LogP contribution in [-0.2, 0) is 13.0 Å². The molecular formula is C17H17NO3. The first-order valence-electron chi connectivity index (χ1n) is 6.57. The van der Waals surface area contributed by atoms with E-state index in [1.807, 2.05) is 30.3 Å². The fourth-order valence-corrected chi connectivity index (χ4v) is 2.00. The molecule has 0 aliphatic carbocycles. The molecule has 0 fully saturated rings. The Labute approximate surface area is 124 Å². The van der Waals surface area contributed by atoms with Gasteiger partial charge in [-0.15, -0.1) is 0 Å². The van der Waals surface area contributed by atoms with Crippen molar-refractivity contribution in [2.45, 2.75) is 13.0 Å². The number of benzene rings is 2. The average molecular weight is 283 g/mol. The van der Waals surface area contributed by atoms with Gasteiger partial charge in [0.05, 0.1) is 26.7 Å². The molecule has 0 saturated carbocycles. The molecule has 0 atom stereocenters. The lowest BCUT2D eigenvalue weighted by molar-refractivity contribution is 0.265. The van der Waals surface area contributed by atoms with Gasteiger partial charge in [-0.2, -0.15) is 5.26 Å². The van der Waals surface area contributed by atoms with Gasteiger partial charge in [0.1, 0.15) is 6.61 Å². The zero-order valence-corrected chi connectivity index (χ0v) is 12.1. The van der Waals surface area contributed by atoms with Gasteiger partial charge in [-0.05, 0) is 23.3 Å². The molecule has 2 rings (SSSR count). The van der Waals surface area contributed by atoms with Gasteiger partial charge in [0, 0.05) is 0 Å². The zero-order valence-electron chi connectivity index (χ0n) is 12.1. The van der Waals surface area contributed by atoms with Crippen molar-refractivity contribution in [3.8, 4) is 23.3 Å². The molecule has 0 spiro atoms. The van der Waals surface area contributed by atoms with E-state index in [9.17, 15) is 0 Å². The maximum Gasteiger partial charge on any atom is 0.203 e. The molecule has 21 heavy (non-hydrogen) atoms. The zero-order chi connectivity index (χ0) is 15.1. The van der Waals surface area contributed by atoms with E-state index < -0.39 is 0 Å². The molecule has 0 bridgehead atoms. The highest BCUT2D eigenvalue weighted by molar-refractivity contribution is 5.54. The SMILES string of the molecule is COc1cc(CC#N)cc(OC)c1OCc1ccccc1. The van der Waals surface area contributed by atoms with Gasteiger partial charge >= 0.3 is 0 Å². The smallest absolute Gasteiger partial charge is 0.203 e. The average Bonchev–Trinajstić information content (AvgIpc) is 2.54. The molecule has 0 saturated heterocycles. The second kappa shape index (κ2) is 7.20. The van der Waals surface area contributed by atoms with Gasteiger partial charge in [-0.1, -0.05) is 30.3 Å². The van der Waals surface area contributed by atoms with Crippen LogP contribution in [-0.4, -0.2) is 14.2 Å². The topological polar surface area (TPSA) is 51.5 Å². The highest BCUT2D eigenvalue weighted by Gasteiger charge is 2.14. The molecule has 0 amide bonds. The fraction of sp³-hybridized carbons (Fsp3) is 0.235. The van der Waals surface area contributed by atoms with Gasteiger partial charge in [-0.3, -0.25) is 0 Å². The van der Waals surface area contributed by atoms with Gasteiger partial charge in [0.2, 0.25) is 5.75 Å². The van der Waals surface area contributed by atoms with Crippen LogP contribution in [0.15, 0.2) is 42.5 Å². The summed E-state index contributed by atoms with van der Waals surface area (Å²) >= 11 is 0. The van der Waals surface area contributed by atoms with Crippen molar-refractivity contribution in [3.05, 3.63) is 53.6 Å². The second-order valence-electron chi connectivity index (χ2n) is 4.44. The summed E-state index contributed by atoms with van der Waals surface area (Å²) in [6.07, 6.45) is 0.297. The van der Waals surface area contributed by atoms with E-state index in [4.69, 9.17) is 19.5 Å². The van der Waals surface area contributed by atoms with Crippen LogP contribution in [0.2, 0.25) is 0 Å². The normalized spacial score (nSPS) is 9.76. The Morgan fingerprint density at radius 2 is 1.57 bits per heavy atom. The number of methoxy groups -OCH3 is 2. The monoisotopic (exact) mass is 283 g/mol. The summed E-state index contributed by atoms with van der Waals surface area (Å²) in [6.45, 7) is 0.422. The van der Waals surface area contributed by atoms with E-state index >= 15 is 0 Å². The molecule has 0 aliphatic rings. The first-order valence-corrected chi connectivity index (χ1v) is 6.57. The number of nitriles is 1. The number of nitrogens with zero attached hydrogens (tertiary/aromatic N) is 1. The predicted octanol–water partition coefficient (Wildman–Crippen LogP) is 3.35. The quantitative estimate of drug-likeness (QED) is 0.815. The first kappa shape index (κ1) is 14.7. The lowest BCUT2D eigenvalue weighted by Gasteiger charge is -2.15. The summed E-state index contributed by atoms with van der Waals surface area (Å²) in [6, 6.07) is 15.6. The first-order chi connectivity index (χ1) is 10.3. The van der Waals surface area contributed by atoms with E-state index in [1.165, 1.54) is 0 Å². The fourth-order valence-electron chi connectivity index (χ4n) is 2.00. The Kier molecular flexibility index (Phi) is 5.05. The van der Waals surface area contributed by atoms with Gasteiger partial charge < -0.3 is 14.2 Å². The van der Waals surface area contributed by atoms with Crippen LogP contribution < -0.4 is 14.2 Å². The summed E-state index contributed by atoms with van der Waals surface area (Å²) in [7, 11) is 3.14. The van der Waals surface area contributed by atoms with Gasteiger partial charge in [0.15, 0.2) is 11.5 Å². The Hall–Kier alpha value is -2.67. The van der Waals surface area contributed by atoms with Gasteiger partial charge in [0.25, 0.3) is 0 Å². The van der Waals surface area contributed by atoms with E-state index in [0.717, 1.165) is 11.1 Å². The third-order valence-corrected chi connectivity index (χ3v) is 3.03. The summed E-state index contributed by atoms with van der Waals surface area (Å²) < 4.78 is 16.5. The number of rotatable bonds is 6. The van der Waals surface area contributed by atoms with Crippen LogP contribution in [0.5, 0.6) is 17.2 Å². The van der Waals surface area contributed by atoms with Crippen molar-refractivity contribution in [1.82, 2.24) is 0 Å². The molecule has 4 nitrogen and oxygen atoms in total. The number of hydrogen-bond donors (Lipinski definition) is 0. The van der Waals surface area contributed by atoms with Crippen LogP contribution >= 0.6 is 0 Å². The lowest BCUT2D eigenvalue weighted by atomic mass is 10.1. The van der Waals surface area contributed by atoms with Crippen LogP contribution in [0.1, 0.15) is 11.1 Å². The van der Waals surface area contributed by atoms with Crippen molar-refractivity contribution in [1.29, 1.82) is 5.26 Å². The molecule has 0 aliphatic heterocycles. The summed E-state index contributed by atoms with van der Waals surface area (Å²) in [4.78, 5) is 0. The highest BCUT2D eigenvalue weighted by Crippen LogP contribution is 2.39. The Morgan fingerprint density at radius 3 is 2.10 bits per heavy atom. The summed E-state index contributed by atoms with van der Waals surface area (Å²) in [5.74, 6) is 1.68. The van der Waals surface area contributed by atoms with Crippen molar-refractivity contribution in [3.63, 3.8) is 0 Å². The lowest BCUT2D eigenvalue weighted by Crippen LogP contribution is -2.01. The number of ether oxygens (including phenoxy) is 3. The number of hydrogen-bond acceptors (Lipinski definition) is 4. The minimum Gasteiger partial charge on any atom is -0.493 e. The van der Waals surface area contributed by atoms with Crippen molar-refractivity contribution < 1.29 is 14.2 Å². The molecule has 2 aromatic carbocycles. The van der Waals surface area contributed by atoms with E-state index in [1.54, 1.807) is 26.4 Å². The minimum atomic E-state index is 0.297. The Balaban J connectivity index is 2.26. The maximum absolute atomic E-state index is 8.81. The highest BCUT2D eigenvalue weighted by atomic mass is 16.5. The molecular weight excluding hydrogens is 266 g/mol. The second-order valence-corrected chi connectivity index (χ2v) is 4.44. The van der Waals surface area contributed by atoms with Crippen molar-refractivity contribution >= 4 is 0 Å². The maximum atomic E-state index is 8.81. The van der Waals surface area contributed by atoms with Crippen LogP contribution in [0.3, 0.4) is 0 Å². The van der Waals surface area contributed by atoms with Crippen LogP contribution in [0.4, 0.5) is 0 Å². The molecule has 0 N–H and O–H groups in total.